The highest BCUT2D eigenvalue weighted by Crippen LogP contribution is 2.26. The Balaban J connectivity index is 1.21. The summed E-state index contributed by atoms with van der Waals surface area (Å²) < 4.78 is 15.6. The standard InChI is InChI=1S/C31H41FN6O2S/c1-22-29(23(2)39)41-31(33-22)35-30(40)34-28-11-15-37(17-16-36-12-3-4-13-36)20-26(28)21-38-14-5-6-25(19-38)18-24-7-9-27(32)10-8-24/h3-4,7-10,12-13,25-26,28H,5-6,11,14-21H2,1-2H3,(H2,33,34,35,40)/t25-,26-,28+/m0/s1. The van der Waals surface area contributed by atoms with Crippen LogP contribution in [0.2, 0.25) is 0 Å². The minimum atomic E-state index is -0.266. The number of carbonyl (C=O) groups excluding carboxylic acids is 2. The van der Waals surface area contributed by atoms with Gasteiger partial charge in [0.2, 0.25) is 0 Å². The van der Waals surface area contributed by atoms with Crippen LogP contribution in [-0.2, 0) is 13.0 Å². The highest BCUT2D eigenvalue weighted by atomic mass is 32.1. The fourth-order valence-corrected chi connectivity index (χ4v) is 7.17. The molecule has 3 aromatic rings. The number of hydrogen-bond donors (Lipinski definition) is 2. The number of carbonyl (C=O) groups is 2. The number of hydrogen-bond acceptors (Lipinski definition) is 6. The smallest absolute Gasteiger partial charge is 0.321 e. The molecule has 4 heterocycles. The van der Waals surface area contributed by atoms with Gasteiger partial charge in [-0.2, -0.15) is 0 Å². The van der Waals surface area contributed by atoms with Crippen LogP contribution in [0.25, 0.3) is 0 Å². The van der Waals surface area contributed by atoms with Crippen LogP contribution in [0.1, 0.15) is 47.1 Å². The van der Waals surface area contributed by atoms with Crippen molar-refractivity contribution in [2.45, 2.75) is 52.1 Å². The number of halogens is 1. The number of urea groups is 1. The number of rotatable bonds is 10. The molecule has 41 heavy (non-hydrogen) atoms. The quantitative estimate of drug-likeness (QED) is 0.328. The molecule has 0 aliphatic carbocycles. The lowest BCUT2D eigenvalue weighted by Crippen LogP contribution is -2.56. The van der Waals surface area contributed by atoms with Crippen LogP contribution in [-0.4, -0.2) is 76.5 Å². The first-order valence-corrected chi connectivity index (χ1v) is 15.5. The van der Waals surface area contributed by atoms with Crippen molar-refractivity contribution in [2.75, 3.05) is 44.6 Å². The van der Waals surface area contributed by atoms with Crippen molar-refractivity contribution in [3.63, 3.8) is 0 Å². The van der Waals surface area contributed by atoms with E-state index in [-0.39, 0.29) is 29.6 Å². The summed E-state index contributed by atoms with van der Waals surface area (Å²) in [5.74, 6) is 0.597. The van der Waals surface area contributed by atoms with E-state index in [4.69, 9.17) is 0 Å². The average molecular weight is 581 g/mol. The third-order valence-electron chi connectivity index (χ3n) is 8.35. The van der Waals surface area contributed by atoms with E-state index < -0.39 is 0 Å². The van der Waals surface area contributed by atoms with Gasteiger partial charge in [-0.1, -0.05) is 23.5 Å². The Morgan fingerprint density at radius 3 is 2.56 bits per heavy atom. The SMILES string of the molecule is CC(=O)c1sc(NC(=O)N[C@@H]2CCN(CCn3cccc3)C[C@H]2CN2CCC[C@@H](Cc3ccc(F)cc3)C2)nc1C. The molecule has 2 aliphatic rings. The van der Waals surface area contributed by atoms with Crippen molar-refractivity contribution in [2.24, 2.45) is 11.8 Å². The van der Waals surface area contributed by atoms with Gasteiger partial charge in [-0.25, -0.2) is 14.2 Å². The largest absolute Gasteiger partial charge is 0.353 e. The summed E-state index contributed by atoms with van der Waals surface area (Å²) in [5, 5.41) is 6.57. The molecule has 1 aromatic carbocycles. The Morgan fingerprint density at radius 2 is 1.83 bits per heavy atom. The maximum atomic E-state index is 13.4. The molecule has 0 radical (unpaired) electrons. The van der Waals surface area contributed by atoms with Crippen molar-refractivity contribution >= 4 is 28.3 Å². The Labute approximate surface area is 245 Å². The Bertz CT molecular complexity index is 1290. The fourth-order valence-electron chi connectivity index (χ4n) is 6.31. The molecule has 10 heteroatoms. The molecule has 2 aromatic heterocycles. The van der Waals surface area contributed by atoms with Gasteiger partial charge in [0.05, 0.1) is 10.6 Å². The van der Waals surface area contributed by atoms with E-state index in [1.165, 1.54) is 30.2 Å². The molecule has 5 rings (SSSR count). The van der Waals surface area contributed by atoms with E-state index in [1.54, 1.807) is 19.1 Å². The van der Waals surface area contributed by atoms with Crippen LogP contribution in [0.4, 0.5) is 14.3 Å². The van der Waals surface area contributed by atoms with Gasteiger partial charge >= 0.3 is 6.03 Å². The van der Waals surface area contributed by atoms with Crippen molar-refractivity contribution < 1.29 is 14.0 Å². The van der Waals surface area contributed by atoms with Gasteiger partial charge in [0.25, 0.3) is 0 Å². The maximum Gasteiger partial charge on any atom is 0.321 e. The van der Waals surface area contributed by atoms with E-state index in [0.717, 1.165) is 65.1 Å². The zero-order valence-electron chi connectivity index (χ0n) is 24.0. The number of Topliss-reactive ketones (excluding diaryl/α,β-unsaturated/α-hetero) is 1. The van der Waals surface area contributed by atoms with Crippen molar-refractivity contribution in [1.29, 1.82) is 0 Å². The maximum absolute atomic E-state index is 13.4. The summed E-state index contributed by atoms with van der Waals surface area (Å²) in [4.78, 5) is 34.9. The number of nitrogens with one attached hydrogen (secondary N) is 2. The minimum Gasteiger partial charge on any atom is -0.353 e. The predicted octanol–water partition coefficient (Wildman–Crippen LogP) is 5.06. The first-order valence-electron chi connectivity index (χ1n) is 14.7. The topological polar surface area (TPSA) is 82.5 Å². The number of ketones is 1. The molecule has 220 valence electrons. The number of amides is 2. The highest BCUT2D eigenvalue weighted by Gasteiger charge is 2.33. The van der Waals surface area contributed by atoms with Crippen molar-refractivity contribution in [3.8, 4) is 0 Å². The summed E-state index contributed by atoms with van der Waals surface area (Å²) >= 11 is 1.22. The number of thiazole rings is 1. The summed E-state index contributed by atoms with van der Waals surface area (Å²) in [5.41, 5.74) is 1.83. The van der Waals surface area contributed by atoms with Crippen LogP contribution in [0.5, 0.6) is 0 Å². The van der Waals surface area contributed by atoms with E-state index in [2.05, 4.69) is 54.5 Å². The van der Waals surface area contributed by atoms with Gasteiger partial charge in [0.1, 0.15) is 5.82 Å². The predicted molar refractivity (Wildman–Crippen MR) is 161 cm³/mol. The molecule has 0 bridgehead atoms. The van der Waals surface area contributed by atoms with E-state index in [9.17, 15) is 14.0 Å². The molecule has 2 N–H and O–H groups in total. The second-order valence-electron chi connectivity index (χ2n) is 11.6. The number of anilines is 1. The Morgan fingerprint density at radius 1 is 1.05 bits per heavy atom. The molecule has 2 fully saturated rings. The molecular formula is C31H41FN6O2S. The number of piperidine rings is 2. The van der Waals surface area contributed by atoms with Gasteiger partial charge in [-0.05, 0) is 74.9 Å². The first-order chi connectivity index (χ1) is 19.8. The molecule has 2 aliphatic heterocycles. The average Bonchev–Trinajstić information content (AvgIpc) is 3.60. The monoisotopic (exact) mass is 580 g/mol. The fraction of sp³-hybridized carbons (Fsp3) is 0.516. The summed E-state index contributed by atoms with van der Waals surface area (Å²) in [6.07, 6.45) is 8.37. The Kier molecular flexibility index (Phi) is 9.84. The summed E-state index contributed by atoms with van der Waals surface area (Å²) in [6, 6.07) is 10.8. The second kappa shape index (κ2) is 13.7. The lowest BCUT2D eigenvalue weighted by molar-refractivity contribution is 0.0835. The zero-order valence-corrected chi connectivity index (χ0v) is 24.8. The summed E-state index contributed by atoms with van der Waals surface area (Å²) in [7, 11) is 0. The van der Waals surface area contributed by atoms with E-state index in [0.29, 0.717) is 21.6 Å². The van der Waals surface area contributed by atoms with Crippen LogP contribution >= 0.6 is 11.3 Å². The van der Waals surface area contributed by atoms with Gasteiger partial charge in [0, 0.05) is 70.5 Å². The molecule has 2 amide bonds. The lowest BCUT2D eigenvalue weighted by atomic mass is 9.88. The van der Waals surface area contributed by atoms with Gasteiger partial charge in [-0.15, -0.1) is 0 Å². The molecule has 0 spiro atoms. The van der Waals surface area contributed by atoms with Gasteiger partial charge in [0.15, 0.2) is 10.9 Å². The third-order valence-corrected chi connectivity index (χ3v) is 9.52. The van der Waals surface area contributed by atoms with Crippen LogP contribution in [0.15, 0.2) is 48.8 Å². The van der Waals surface area contributed by atoms with Crippen LogP contribution in [0.3, 0.4) is 0 Å². The summed E-state index contributed by atoms with van der Waals surface area (Å²) in [6.45, 7) is 10.1. The minimum absolute atomic E-state index is 0.0416. The number of aryl methyl sites for hydroxylation is 1. The molecule has 8 nitrogen and oxygen atoms in total. The van der Waals surface area contributed by atoms with Crippen LogP contribution < -0.4 is 10.6 Å². The second-order valence-corrected chi connectivity index (χ2v) is 12.6. The molecular weight excluding hydrogens is 539 g/mol. The number of aromatic nitrogens is 2. The molecule has 0 saturated carbocycles. The highest BCUT2D eigenvalue weighted by molar-refractivity contribution is 7.17. The number of benzene rings is 1. The van der Waals surface area contributed by atoms with Gasteiger partial charge < -0.3 is 19.7 Å². The van der Waals surface area contributed by atoms with E-state index >= 15 is 0 Å². The molecule has 3 atom stereocenters. The first kappa shape index (κ1) is 29.4. The number of likely N-dealkylation sites (tertiary alicyclic amines) is 2. The van der Waals surface area contributed by atoms with Crippen molar-refractivity contribution in [1.82, 2.24) is 24.7 Å². The number of nitrogens with zero attached hydrogens (tertiary/aromatic N) is 4. The normalized spacial score (nSPS) is 22.0. The third kappa shape index (κ3) is 8.24. The molecule has 2 saturated heterocycles. The van der Waals surface area contributed by atoms with Crippen molar-refractivity contribution in [3.05, 3.63) is 70.7 Å². The molecule has 0 unspecified atom stereocenters. The van der Waals surface area contributed by atoms with Crippen LogP contribution in [0, 0.1) is 24.6 Å². The van der Waals surface area contributed by atoms with E-state index in [1.807, 2.05) is 12.1 Å². The Hall–Kier alpha value is -3.08. The zero-order chi connectivity index (χ0) is 28.8. The van der Waals surface area contributed by atoms with Gasteiger partial charge in [-0.3, -0.25) is 10.1 Å². The lowest BCUT2D eigenvalue weighted by Gasteiger charge is -2.42.